The molecule has 2 bridgehead atoms. The second-order valence-corrected chi connectivity index (χ2v) is 7.53. The molecule has 0 fully saturated rings. The van der Waals surface area contributed by atoms with Gasteiger partial charge < -0.3 is 25.7 Å². The Labute approximate surface area is 177 Å². The molecular formula is C24H31NO5. The molecule has 1 aliphatic rings. The van der Waals surface area contributed by atoms with Crippen LogP contribution in [0, 0.1) is 0 Å². The fourth-order valence-corrected chi connectivity index (χ4v) is 3.14. The van der Waals surface area contributed by atoms with Gasteiger partial charge in [0.25, 0.3) is 0 Å². The number of allylic oxidation sites excluding steroid dienone is 5. The number of amides is 1. The van der Waals surface area contributed by atoms with Crippen LogP contribution in [0.15, 0.2) is 66.3 Å². The molecule has 30 heavy (non-hydrogen) atoms. The Hall–Kier alpha value is -2.67. The van der Waals surface area contributed by atoms with Gasteiger partial charge in [-0.25, -0.2) is 0 Å². The molecule has 2 rings (SSSR count). The normalized spacial score (nSPS) is 29.5. The smallest absolute Gasteiger partial charge is 0.227 e. The van der Waals surface area contributed by atoms with Crippen LogP contribution >= 0.6 is 0 Å². The van der Waals surface area contributed by atoms with Crippen molar-refractivity contribution in [3.05, 3.63) is 71.9 Å². The van der Waals surface area contributed by atoms with E-state index >= 15 is 0 Å². The van der Waals surface area contributed by atoms with Crippen molar-refractivity contribution in [3.8, 4) is 5.75 Å². The van der Waals surface area contributed by atoms with E-state index in [-0.39, 0.29) is 24.5 Å². The number of hydrogen-bond donors (Lipinski definition) is 5. The van der Waals surface area contributed by atoms with Gasteiger partial charge in [-0.15, -0.1) is 0 Å². The minimum Gasteiger partial charge on any atom is -0.508 e. The molecule has 5 N–H and O–H groups in total. The van der Waals surface area contributed by atoms with Gasteiger partial charge in [-0.2, -0.15) is 0 Å². The summed E-state index contributed by atoms with van der Waals surface area (Å²) in [5.41, 5.74) is 2.09. The lowest BCUT2D eigenvalue weighted by atomic mass is 10.0. The molecule has 0 spiro atoms. The molecule has 0 aromatic heterocycles. The highest BCUT2D eigenvalue weighted by Gasteiger charge is 2.13. The van der Waals surface area contributed by atoms with Crippen LogP contribution in [0.4, 0.5) is 5.69 Å². The molecule has 0 saturated heterocycles. The number of benzene rings is 1. The van der Waals surface area contributed by atoms with Gasteiger partial charge >= 0.3 is 0 Å². The predicted molar refractivity (Wildman–Crippen MR) is 118 cm³/mol. The van der Waals surface area contributed by atoms with E-state index in [1.54, 1.807) is 36.4 Å². The zero-order chi connectivity index (χ0) is 21.9. The van der Waals surface area contributed by atoms with Gasteiger partial charge in [-0.3, -0.25) is 4.79 Å². The van der Waals surface area contributed by atoms with E-state index in [1.807, 2.05) is 19.1 Å². The number of anilines is 1. The molecule has 3 unspecified atom stereocenters. The highest BCUT2D eigenvalue weighted by molar-refractivity contribution is 5.91. The second-order valence-electron chi connectivity index (χ2n) is 7.53. The Kier molecular flexibility index (Phi) is 9.54. The average molecular weight is 414 g/mol. The molecule has 0 aliphatic carbocycles. The Bertz CT molecular complexity index is 825. The molecule has 6 nitrogen and oxygen atoms in total. The summed E-state index contributed by atoms with van der Waals surface area (Å²) in [4.78, 5) is 12.2. The van der Waals surface area contributed by atoms with E-state index in [0.29, 0.717) is 24.9 Å². The van der Waals surface area contributed by atoms with Crippen molar-refractivity contribution in [2.45, 2.75) is 57.3 Å². The molecule has 1 aromatic carbocycles. The first-order chi connectivity index (χ1) is 14.3. The third kappa shape index (κ3) is 8.78. The molecule has 1 aliphatic heterocycles. The Morgan fingerprint density at radius 2 is 1.80 bits per heavy atom. The number of aryl methyl sites for hydroxylation is 1. The summed E-state index contributed by atoms with van der Waals surface area (Å²) in [6.45, 7) is 1.83. The van der Waals surface area contributed by atoms with E-state index in [4.69, 9.17) is 0 Å². The maximum atomic E-state index is 12.2. The molecule has 0 radical (unpaired) electrons. The summed E-state index contributed by atoms with van der Waals surface area (Å²) in [6, 6.07) is 4.87. The van der Waals surface area contributed by atoms with Crippen LogP contribution in [0.1, 0.15) is 38.2 Å². The first kappa shape index (κ1) is 23.6. The number of fused-ring (bicyclic) bond motifs is 2. The number of nitrogens with one attached hydrogen (secondary N) is 1. The van der Waals surface area contributed by atoms with E-state index < -0.39 is 18.3 Å². The summed E-state index contributed by atoms with van der Waals surface area (Å²) >= 11 is 0. The maximum absolute atomic E-state index is 12.2. The Balaban J connectivity index is 2.18. The fourth-order valence-electron chi connectivity index (χ4n) is 3.14. The predicted octanol–water partition coefficient (Wildman–Crippen LogP) is 3.14. The van der Waals surface area contributed by atoms with E-state index in [9.17, 15) is 25.2 Å². The van der Waals surface area contributed by atoms with Gasteiger partial charge in [0.05, 0.1) is 24.7 Å². The molecule has 1 aromatic rings. The van der Waals surface area contributed by atoms with Crippen LogP contribution in [0.2, 0.25) is 0 Å². The number of phenolic OH excluding ortho intramolecular Hbond substituents is 1. The van der Waals surface area contributed by atoms with Crippen LogP contribution in [0.3, 0.4) is 0 Å². The molecule has 0 saturated carbocycles. The second kappa shape index (κ2) is 12.1. The summed E-state index contributed by atoms with van der Waals surface area (Å²) in [6.07, 6.45) is 11.7. The average Bonchev–Trinajstić information content (AvgIpc) is 2.65. The van der Waals surface area contributed by atoms with E-state index in [0.717, 1.165) is 11.1 Å². The van der Waals surface area contributed by atoms with Gasteiger partial charge in [0.15, 0.2) is 0 Å². The monoisotopic (exact) mass is 413 g/mol. The van der Waals surface area contributed by atoms with Crippen LogP contribution < -0.4 is 5.32 Å². The highest BCUT2D eigenvalue weighted by atomic mass is 16.3. The van der Waals surface area contributed by atoms with Gasteiger partial charge in [0.2, 0.25) is 5.91 Å². The number of phenols is 1. The van der Waals surface area contributed by atoms with Gasteiger partial charge in [-0.1, -0.05) is 42.5 Å². The molecule has 6 heteroatoms. The van der Waals surface area contributed by atoms with Crippen molar-refractivity contribution < 1.29 is 25.2 Å². The number of aliphatic hydroxyl groups is 3. The van der Waals surface area contributed by atoms with Gasteiger partial charge in [0.1, 0.15) is 5.75 Å². The number of carbonyl (C=O) groups is 1. The van der Waals surface area contributed by atoms with Crippen LogP contribution in [0.25, 0.3) is 0 Å². The van der Waals surface area contributed by atoms with Gasteiger partial charge in [0, 0.05) is 18.2 Å². The van der Waals surface area contributed by atoms with Crippen molar-refractivity contribution in [2.75, 3.05) is 5.32 Å². The first-order valence-electron chi connectivity index (χ1n) is 10.2. The first-order valence-corrected chi connectivity index (χ1v) is 10.2. The van der Waals surface area contributed by atoms with Crippen molar-refractivity contribution in [1.29, 1.82) is 0 Å². The quantitative estimate of drug-likeness (QED) is 0.420. The van der Waals surface area contributed by atoms with Crippen LogP contribution in [-0.2, 0) is 11.2 Å². The van der Waals surface area contributed by atoms with Crippen molar-refractivity contribution in [1.82, 2.24) is 0 Å². The van der Waals surface area contributed by atoms with Crippen molar-refractivity contribution in [3.63, 3.8) is 0 Å². The minimum atomic E-state index is -0.930. The van der Waals surface area contributed by atoms with Crippen molar-refractivity contribution in [2.24, 2.45) is 0 Å². The molecule has 162 valence electrons. The Morgan fingerprint density at radius 3 is 2.60 bits per heavy atom. The van der Waals surface area contributed by atoms with E-state index in [2.05, 4.69) is 5.32 Å². The van der Waals surface area contributed by atoms with Crippen LogP contribution in [-0.4, -0.2) is 44.6 Å². The zero-order valence-electron chi connectivity index (χ0n) is 17.2. The summed E-state index contributed by atoms with van der Waals surface area (Å²) < 4.78 is 0. The number of carbonyl (C=O) groups excluding carboxylic acids is 1. The lowest BCUT2D eigenvalue weighted by Gasteiger charge is -2.15. The summed E-state index contributed by atoms with van der Waals surface area (Å²) in [5, 5.41) is 43.0. The standard InChI is InChI=1S/C24H31NO5/c1-17-8-7-9-18-12-19(14-22(28)13-18)25-24(30)16-21(27)11-6-4-2-3-5-10-20(26)15-23(17)29/h2-6,8,11-14,20-21,23,26-29H,7,9-10,15-16H2,1H3,(H,25,30)/b4-2-,5-3-,11-6-,17-8-. The highest BCUT2D eigenvalue weighted by Crippen LogP contribution is 2.22. The third-order valence-electron chi connectivity index (χ3n) is 4.79. The molecule has 1 amide bonds. The lowest BCUT2D eigenvalue weighted by Crippen LogP contribution is -2.18. The van der Waals surface area contributed by atoms with Crippen molar-refractivity contribution >= 4 is 11.6 Å². The third-order valence-corrected chi connectivity index (χ3v) is 4.79. The number of rotatable bonds is 0. The summed E-state index contributed by atoms with van der Waals surface area (Å²) in [7, 11) is 0. The Morgan fingerprint density at radius 1 is 1.03 bits per heavy atom. The fraction of sp³-hybridized carbons (Fsp3) is 0.375. The number of aromatic hydroxyl groups is 1. The summed E-state index contributed by atoms with van der Waals surface area (Å²) in [5.74, 6) is -0.311. The largest absolute Gasteiger partial charge is 0.508 e. The molecular weight excluding hydrogens is 382 g/mol. The molecule has 1 heterocycles. The number of hydrogen-bond acceptors (Lipinski definition) is 5. The van der Waals surface area contributed by atoms with E-state index in [1.165, 1.54) is 12.1 Å². The topological polar surface area (TPSA) is 110 Å². The van der Waals surface area contributed by atoms with Gasteiger partial charge in [-0.05, 0) is 49.5 Å². The zero-order valence-corrected chi connectivity index (χ0v) is 17.2. The molecule has 3 atom stereocenters. The number of aliphatic hydroxyl groups excluding tert-OH is 3. The lowest BCUT2D eigenvalue weighted by molar-refractivity contribution is -0.117. The van der Waals surface area contributed by atoms with Crippen LogP contribution in [0.5, 0.6) is 5.75 Å². The minimum absolute atomic E-state index is 0.0446. The maximum Gasteiger partial charge on any atom is 0.227 e. The SMILES string of the molecule is C/C1=C/CCc2cc(O)cc(c2)NC(=O)CC(O)\C=C/C=C\C=C/CC(O)CC1O.